The van der Waals surface area contributed by atoms with E-state index < -0.39 is 23.1 Å². The maximum absolute atomic E-state index is 13.6. The smallest absolute Gasteiger partial charge is 0.280 e. The number of aromatic amines is 1. The summed E-state index contributed by atoms with van der Waals surface area (Å²) in [6.45, 7) is 3.66. The standard InChI is InChI=1S/C29H26F2N6O3/c1-16-14-33-25(34-16)13-21-20-8-6-18(12-24(20)35-27(21)38)5-4-10-32-28(39)26-17(2)36(3)37(29(26)40)15-19-7-9-22(30)23(31)11-19/h4-9,11-14H,10,15H2,1-3H3,(H,32,39)(H,33,34)(H,35,38)/b5-4+,21-13?. The number of anilines is 1. The third kappa shape index (κ3) is 5.13. The van der Waals surface area contributed by atoms with E-state index in [0.29, 0.717) is 28.3 Å². The first-order valence-electron chi connectivity index (χ1n) is 12.5. The number of aromatic nitrogens is 4. The number of halogens is 2. The molecule has 9 nitrogen and oxygen atoms in total. The van der Waals surface area contributed by atoms with Gasteiger partial charge < -0.3 is 15.6 Å². The first-order valence-corrected chi connectivity index (χ1v) is 12.5. The number of rotatable bonds is 7. The van der Waals surface area contributed by atoms with Crippen molar-refractivity contribution in [2.24, 2.45) is 7.05 Å². The highest BCUT2D eigenvalue weighted by molar-refractivity contribution is 6.34. The second-order valence-corrected chi connectivity index (χ2v) is 9.48. The molecule has 2 aromatic heterocycles. The summed E-state index contributed by atoms with van der Waals surface area (Å²) in [7, 11) is 1.62. The third-order valence-electron chi connectivity index (χ3n) is 6.72. The van der Waals surface area contributed by atoms with Crippen molar-refractivity contribution in [2.75, 3.05) is 11.9 Å². The van der Waals surface area contributed by atoms with Crippen LogP contribution in [0.2, 0.25) is 0 Å². The number of amides is 2. The van der Waals surface area contributed by atoms with E-state index in [1.807, 2.05) is 25.1 Å². The van der Waals surface area contributed by atoms with Gasteiger partial charge in [-0.25, -0.2) is 18.4 Å². The Bertz CT molecular complexity index is 1780. The molecule has 3 N–H and O–H groups in total. The summed E-state index contributed by atoms with van der Waals surface area (Å²) in [6, 6.07) is 8.94. The number of imidazole rings is 1. The van der Waals surface area contributed by atoms with E-state index in [-0.39, 0.29) is 24.6 Å². The molecular formula is C29H26F2N6O3. The van der Waals surface area contributed by atoms with Gasteiger partial charge in [-0.1, -0.05) is 30.4 Å². The van der Waals surface area contributed by atoms with E-state index >= 15 is 0 Å². The molecule has 1 aliphatic rings. The molecule has 204 valence electrons. The summed E-state index contributed by atoms with van der Waals surface area (Å²) in [6.07, 6.45) is 6.93. The lowest BCUT2D eigenvalue weighted by molar-refractivity contribution is -0.110. The number of H-pyrrole nitrogens is 1. The van der Waals surface area contributed by atoms with Crippen LogP contribution in [-0.4, -0.2) is 37.7 Å². The summed E-state index contributed by atoms with van der Waals surface area (Å²) in [4.78, 5) is 45.6. The van der Waals surface area contributed by atoms with Crippen molar-refractivity contribution in [3.63, 3.8) is 0 Å². The summed E-state index contributed by atoms with van der Waals surface area (Å²) < 4.78 is 29.7. The third-order valence-corrected chi connectivity index (χ3v) is 6.72. The average Bonchev–Trinajstić information content (AvgIpc) is 3.53. The van der Waals surface area contributed by atoms with E-state index in [1.165, 1.54) is 15.4 Å². The van der Waals surface area contributed by atoms with Gasteiger partial charge in [0.05, 0.1) is 12.1 Å². The highest BCUT2D eigenvalue weighted by Crippen LogP contribution is 2.33. The van der Waals surface area contributed by atoms with Gasteiger partial charge in [-0.2, -0.15) is 0 Å². The molecule has 2 amide bonds. The maximum Gasteiger partial charge on any atom is 0.280 e. The maximum atomic E-state index is 13.6. The van der Waals surface area contributed by atoms with Crippen LogP contribution in [0.1, 0.15) is 44.3 Å². The van der Waals surface area contributed by atoms with Crippen molar-refractivity contribution in [3.8, 4) is 0 Å². The summed E-state index contributed by atoms with van der Waals surface area (Å²) in [5.74, 6) is -2.15. The van der Waals surface area contributed by atoms with Crippen LogP contribution >= 0.6 is 0 Å². The lowest BCUT2D eigenvalue weighted by atomic mass is 10.0. The van der Waals surface area contributed by atoms with Gasteiger partial charge in [-0.3, -0.25) is 19.1 Å². The molecule has 11 heteroatoms. The second kappa shape index (κ2) is 10.6. The normalized spacial score (nSPS) is 13.7. The molecule has 0 saturated carbocycles. The van der Waals surface area contributed by atoms with Crippen molar-refractivity contribution in [2.45, 2.75) is 20.4 Å². The fraction of sp³-hybridized carbons (Fsp3) is 0.172. The van der Waals surface area contributed by atoms with Crippen LogP contribution in [0.5, 0.6) is 0 Å². The Kier molecular flexibility index (Phi) is 7.03. The molecule has 0 saturated heterocycles. The number of carbonyl (C=O) groups excluding carboxylic acids is 2. The topological polar surface area (TPSA) is 114 Å². The highest BCUT2D eigenvalue weighted by atomic mass is 19.2. The first kappa shape index (κ1) is 26.5. The zero-order valence-corrected chi connectivity index (χ0v) is 22.0. The SMILES string of the molecule is Cc1cnc(C=C2C(=O)Nc3cc(/C=C/CNC(=O)c4c(C)n(C)n(Cc5ccc(F)c(F)c5)c4=O)ccc32)[nH]1. The van der Waals surface area contributed by atoms with Crippen molar-refractivity contribution in [3.05, 3.63) is 110 Å². The first-order chi connectivity index (χ1) is 19.1. The minimum absolute atomic E-state index is 0.0204. The fourth-order valence-electron chi connectivity index (χ4n) is 4.55. The van der Waals surface area contributed by atoms with E-state index in [9.17, 15) is 23.2 Å². The van der Waals surface area contributed by atoms with Gasteiger partial charge in [-0.05, 0) is 49.2 Å². The molecule has 0 atom stereocenters. The molecule has 0 unspecified atom stereocenters. The van der Waals surface area contributed by atoms with Gasteiger partial charge in [0.25, 0.3) is 17.4 Å². The van der Waals surface area contributed by atoms with Gasteiger partial charge in [0.2, 0.25) is 0 Å². The molecule has 40 heavy (non-hydrogen) atoms. The zero-order valence-electron chi connectivity index (χ0n) is 22.0. The van der Waals surface area contributed by atoms with E-state index in [2.05, 4.69) is 20.6 Å². The van der Waals surface area contributed by atoms with Gasteiger partial charge in [-0.15, -0.1) is 0 Å². The molecule has 4 aromatic rings. The van der Waals surface area contributed by atoms with Crippen molar-refractivity contribution < 1.29 is 18.4 Å². The Balaban J connectivity index is 1.25. The number of carbonyl (C=O) groups is 2. The van der Waals surface area contributed by atoms with Crippen molar-refractivity contribution in [1.82, 2.24) is 24.6 Å². The van der Waals surface area contributed by atoms with Crippen LogP contribution in [0, 0.1) is 25.5 Å². The van der Waals surface area contributed by atoms with Crippen LogP contribution in [0.15, 0.2) is 53.5 Å². The molecule has 3 heterocycles. The fourth-order valence-corrected chi connectivity index (χ4v) is 4.55. The Morgan fingerprint density at radius 3 is 2.62 bits per heavy atom. The monoisotopic (exact) mass is 544 g/mol. The predicted octanol–water partition coefficient (Wildman–Crippen LogP) is 3.79. The van der Waals surface area contributed by atoms with Crippen LogP contribution in [0.25, 0.3) is 17.7 Å². The Morgan fingerprint density at radius 2 is 1.90 bits per heavy atom. The largest absolute Gasteiger partial charge is 0.348 e. The van der Waals surface area contributed by atoms with Crippen molar-refractivity contribution >= 4 is 35.2 Å². The molecule has 0 fully saturated rings. The van der Waals surface area contributed by atoms with Gasteiger partial charge in [0.1, 0.15) is 11.4 Å². The molecule has 0 bridgehead atoms. The number of hydrogen-bond donors (Lipinski definition) is 3. The predicted molar refractivity (Wildman–Crippen MR) is 148 cm³/mol. The number of hydrogen-bond acceptors (Lipinski definition) is 4. The highest BCUT2D eigenvalue weighted by Gasteiger charge is 2.24. The van der Waals surface area contributed by atoms with Crippen molar-refractivity contribution in [1.29, 1.82) is 0 Å². The van der Waals surface area contributed by atoms with E-state index in [4.69, 9.17) is 0 Å². The summed E-state index contributed by atoms with van der Waals surface area (Å²) in [5, 5.41) is 5.57. The lowest BCUT2D eigenvalue weighted by Crippen LogP contribution is -2.31. The van der Waals surface area contributed by atoms with Crippen LogP contribution in [0.4, 0.5) is 14.5 Å². The van der Waals surface area contributed by atoms with Gasteiger partial charge in [0, 0.05) is 42.4 Å². The number of benzene rings is 2. The Hall–Kier alpha value is -5.06. The molecule has 0 aliphatic carbocycles. The molecule has 1 aliphatic heterocycles. The number of nitrogens with zero attached hydrogens (tertiary/aromatic N) is 3. The van der Waals surface area contributed by atoms with Gasteiger partial charge in [0.15, 0.2) is 11.6 Å². The number of fused-ring (bicyclic) bond motifs is 1. The van der Waals surface area contributed by atoms with E-state index in [1.54, 1.807) is 38.4 Å². The quantitative estimate of drug-likeness (QED) is 0.307. The molecular weight excluding hydrogens is 518 g/mol. The Morgan fingerprint density at radius 1 is 1.10 bits per heavy atom. The lowest BCUT2D eigenvalue weighted by Gasteiger charge is -2.08. The Labute approximate surface area is 227 Å². The molecule has 2 aromatic carbocycles. The molecule has 0 spiro atoms. The van der Waals surface area contributed by atoms with Crippen LogP contribution < -0.4 is 16.2 Å². The average molecular weight is 545 g/mol. The molecule has 0 radical (unpaired) electrons. The van der Waals surface area contributed by atoms with Crippen LogP contribution in [-0.2, 0) is 18.4 Å². The number of aryl methyl sites for hydroxylation is 1. The minimum atomic E-state index is -1.01. The van der Waals surface area contributed by atoms with Gasteiger partial charge >= 0.3 is 0 Å². The zero-order chi connectivity index (χ0) is 28.6. The summed E-state index contributed by atoms with van der Waals surface area (Å²) >= 11 is 0. The van der Waals surface area contributed by atoms with E-state index in [0.717, 1.165) is 29.0 Å². The molecule has 5 rings (SSSR count). The number of nitrogens with one attached hydrogen (secondary N) is 3. The summed E-state index contributed by atoms with van der Waals surface area (Å²) in [5.41, 5.74) is 3.94. The second-order valence-electron chi connectivity index (χ2n) is 9.48. The minimum Gasteiger partial charge on any atom is -0.348 e. The van der Waals surface area contributed by atoms with Crippen LogP contribution in [0.3, 0.4) is 0 Å².